The van der Waals surface area contributed by atoms with Crippen molar-refractivity contribution in [2.75, 3.05) is 26.2 Å². The molecular weight excluding hydrogens is 859 g/mol. The fourth-order valence-electron chi connectivity index (χ4n) is 8.29. The molecule has 1 aliphatic carbocycles. The molecule has 1 aromatic rings. The van der Waals surface area contributed by atoms with Gasteiger partial charge < -0.3 is 53.6 Å². The normalized spacial score (nSPS) is 19.2. The van der Waals surface area contributed by atoms with Gasteiger partial charge in [-0.05, 0) is 75.2 Å². The van der Waals surface area contributed by atoms with Crippen molar-refractivity contribution in [1.29, 1.82) is 0 Å². The number of guanidine groups is 1. The van der Waals surface area contributed by atoms with Gasteiger partial charge in [-0.15, -0.1) is 0 Å². The Labute approximate surface area is 396 Å². The second-order valence-electron chi connectivity index (χ2n) is 18.4. The minimum Gasteiger partial charge on any atom is -0.370 e. The Bertz CT molecular complexity index is 1840. The number of amides is 8. The molecule has 0 radical (unpaired) electrons. The first-order chi connectivity index (χ1) is 32.0. The van der Waals surface area contributed by atoms with Crippen LogP contribution in [0.15, 0.2) is 35.3 Å². The molecule has 2 aliphatic rings. The molecule has 8 amide bonds. The molecule has 2 fully saturated rings. The molecule has 3 rings (SSSR count). The number of hydrogen-bond donors (Lipinski definition) is 9. The average molecular weight is 938 g/mol. The smallest absolute Gasteiger partial charge is 0.246 e. The Kier molecular flexibility index (Phi) is 23.6. The third kappa shape index (κ3) is 18.5. The SMILES string of the molecule is CCCC[C@H](NC(=O)[C@H](CCCN=C(N)N)NC(=O)C1(NC(=O)CNC(=O)[C@H](CCCC)NC(=O)[C@@H]2CCCN2C(C)=O)CC1Cc1ccccc1)C(=O)N[C@H](CCCC)C(=O)NCC(C)C. The summed E-state index contributed by atoms with van der Waals surface area (Å²) in [4.78, 5) is 114. The van der Waals surface area contributed by atoms with Gasteiger partial charge in [0.25, 0.3) is 0 Å². The quantitative estimate of drug-likeness (QED) is 0.0305. The molecule has 1 aliphatic heterocycles. The number of nitrogens with zero attached hydrogens (tertiary/aromatic N) is 2. The van der Waals surface area contributed by atoms with Crippen LogP contribution in [0, 0.1) is 11.8 Å². The Morgan fingerprint density at radius 1 is 0.731 bits per heavy atom. The fourth-order valence-corrected chi connectivity index (χ4v) is 8.29. The van der Waals surface area contributed by atoms with Gasteiger partial charge in [-0.1, -0.05) is 103 Å². The summed E-state index contributed by atoms with van der Waals surface area (Å²) in [6.45, 7) is 11.8. The van der Waals surface area contributed by atoms with Crippen molar-refractivity contribution in [3.8, 4) is 0 Å². The minimum absolute atomic E-state index is 0.0759. The number of rotatable bonds is 30. The molecular formula is C48H79N11O8. The highest BCUT2D eigenvalue weighted by atomic mass is 16.2. The molecule has 0 spiro atoms. The van der Waals surface area contributed by atoms with Crippen LogP contribution >= 0.6 is 0 Å². The van der Waals surface area contributed by atoms with Crippen LogP contribution in [0.1, 0.15) is 137 Å². The second kappa shape index (κ2) is 28.4. The number of unbranched alkanes of at least 4 members (excludes halogenated alkanes) is 3. The average Bonchev–Trinajstić information content (AvgIpc) is 3.72. The van der Waals surface area contributed by atoms with E-state index in [1.807, 2.05) is 65.0 Å². The van der Waals surface area contributed by atoms with Gasteiger partial charge in [0.15, 0.2) is 5.96 Å². The predicted octanol–water partition coefficient (Wildman–Crippen LogP) is 1.57. The molecule has 374 valence electrons. The number of hydrogen-bond acceptors (Lipinski definition) is 9. The maximum atomic E-state index is 14.6. The molecule has 1 saturated carbocycles. The lowest BCUT2D eigenvalue weighted by atomic mass is 10.0. The summed E-state index contributed by atoms with van der Waals surface area (Å²) in [7, 11) is 0. The summed E-state index contributed by atoms with van der Waals surface area (Å²) in [6.07, 6.45) is 7.39. The van der Waals surface area contributed by atoms with Crippen LogP contribution < -0.4 is 48.7 Å². The molecule has 1 saturated heterocycles. The van der Waals surface area contributed by atoms with Crippen LogP contribution in [0.3, 0.4) is 0 Å². The van der Waals surface area contributed by atoms with Crippen LogP contribution in [0.25, 0.3) is 0 Å². The van der Waals surface area contributed by atoms with E-state index in [4.69, 9.17) is 11.5 Å². The number of aliphatic imine (C=N–C) groups is 1. The number of benzene rings is 1. The van der Waals surface area contributed by atoms with Crippen molar-refractivity contribution in [2.45, 2.75) is 174 Å². The topological polar surface area (TPSA) is 288 Å². The standard InChI is InChI=1S/C48H79N11O8/c1-7-10-20-35(41(62)52-29-31(4)5)54-43(64)37(22-12-9-3)55-44(65)38(23-16-25-51-47(49)50)57-46(67)48(28-34(48)27-33-18-14-13-15-19-33)58-40(61)30-53-42(63)36(21-11-8-2)56-45(66)39-24-17-26-59(39)32(6)60/h13-15,18-19,31,34-39H,7-12,16-17,20-30H2,1-6H3,(H,52,62)(H,53,63)(H,54,64)(H,55,65)(H,56,66)(H,57,67)(H,58,61)(H4,49,50,51)/t34?,35-,36+,37+,38+,39+,48?/m1/s1. The fraction of sp³-hybridized carbons (Fsp3) is 0.688. The van der Waals surface area contributed by atoms with Gasteiger partial charge in [-0.2, -0.15) is 0 Å². The highest BCUT2D eigenvalue weighted by molar-refractivity contribution is 6.00. The number of carbonyl (C=O) groups excluding carboxylic acids is 8. The highest BCUT2D eigenvalue weighted by Crippen LogP contribution is 2.46. The summed E-state index contributed by atoms with van der Waals surface area (Å²) >= 11 is 0. The molecule has 2 unspecified atom stereocenters. The van der Waals surface area contributed by atoms with Crippen molar-refractivity contribution >= 4 is 53.2 Å². The Morgan fingerprint density at radius 3 is 1.82 bits per heavy atom. The van der Waals surface area contributed by atoms with Gasteiger partial charge in [-0.3, -0.25) is 43.3 Å². The first kappa shape index (κ1) is 55.6. The third-order valence-corrected chi connectivity index (χ3v) is 12.3. The summed E-state index contributed by atoms with van der Waals surface area (Å²) in [5.74, 6) is -4.27. The lowest BCUT2D eigenvalue weighted by Gasteiger charge is -2.27. The van der Waals surface area contributed by atoms with E-state index in [-0.39, 0.29) is 61.8 Å². The summed E-state index contributed by atoms with van der Waals surface area (Å²) in [5.41, 5.74) is 10.6. The van der Waals surface area contributed by atoms with Gasteiger partial charge in [0, 0.05) is 26.6 Å². The van der Waals surface area contributed by atoms with Crippen LogP contribution in [0.4, 0.5) is 0 Å². The molecule has 67 heavy (non-hydrogen) atoms. The van der Waals surface area contributed by atoms with E-state index in [9.17, 15) is 38.4 Å². The number of nitrogens with two attached hydrogens (primary N) is 2. The monoisotopic (exact) mass is 938 g/mol. The third-order valence-electron chi connectivity index (χ3n) is 12.3. The summed E-state index contributed by atoms with van der Waals surface area (Å²) in [5, 5.41) is 19.8. The summed E-state index contributed by atoms with van der Waals surface area (Å²) < 4.78 is 0. The molecule has 1 aromatic carbocycles. The summed E-state index contributed by atoms with van der Waals surface area (Å²) in [6, 6.07) is 4.80. The zero-order valence-corrected chi connectivity index (χ0v) is 40.7. The lowest BCUT2D eigenvalue weighted by molar-refractivity contribution is -0.138. The van der Waals surface area contributed by atoms with E-state index < -0.39 is 77.7 Å². The van der Waals surface area contributed by atoms with Crippen molar-refractivity contribution in [2.24, 2.45) is 28.3 Å². The van der Waals surface area contributed by atoms with E-state index in [1.54, 1.807) is 0 Å². The highest BCUT2D eigenvalue weighted by Gasteiger charge is 2.61. The van der Waals surface area contributed by atoms with Crippen molar-refractivity contribution in [3.05, 3.63) is 35.9 Å². The van der Waals surface area contributed by atoms with E-state index in [0.717, 1.165) is 24.8 Å². The second-order valence-corrected chi connectivity index (χ2v) is 18.4. The zero-order chi connectivity index (χ0) is 49.5. The van der Waals surface area contributed by atoms with Crippen molar-refractivity contribution < 1.29 is 38.4 Å². The van der Waals surface area contributed by atoms with Gasteiger partial charge >= 0.3 is 0 Å². The number of nitrogens with one attached hydrogen (secondary N) is 7. The Hall–Kier alpha value is -5.75. The molecule has 7 atom stereocenters. The molecule has 0 bridgehead atoms. The first-order valence-corrected chi connectivity index (χ1v) is 24.4. The lowest BCUT2D eigenvalue weighted by Crippen LogP contribution is -2.60. The number of carbonyl (C=O) groups is 8. The van der Waals surface area contributed by atoms with Crippen LogP contribution in [0.2, 0.25) is 0 Å². The van der Waals surface area contributed by atoms with Gasteiger partial charge in [-0.25, -0.2) is 0 Å². The van der Waals surface area contributed by atoms with E-state index in [0.29, 0.717) is 64.5 Å². The van der Waals surface area contributed by atoms with Gasteiger partial charge in [0.1, 0.15) is 35.7 Å². The van der Waals surface area contributed by atoms with Gasteiger partial charge in [0.2, 0.25) is 47.3 Å². The Balaban J connectivity index is 1.84. The minimum atomic E-state index is -1.46. The van der Waals surface area contributed by atoms with Gasteiger partial charge in [0.05, 0.1) is 6.54 Å². The van der Waals surface area contributed by atoms with Crippen molar-refractivity contribution in [3.63, 3.8) is 0 Å². The maximum Gasteiger partial charge on any atom is 0.246 e. The molecule has 19 heteroatoms. The van der Waals surface area contributed by atoms with Crippen molar-refractivity contribution in [1.82, 2.24) is 42.1 Å². The van der Waals surface area contributed by atoms with Crippen LogP contribution in [-0.2, 0) is 44.8 Å². The maximum absolute atomic E-state index is 14.6. The van der Waals surface area contributed by atoms with E-state index in [2.05, 4.69) is 42.2 Å². The molecule has 0 aromatic heterocycles. The van der Waals surface area contributed by atoms with Crippen LogP contribution in [-0.4, -0.2) is 120 Å². The van der Waals surface area contributed by atoms with E-state index in [1.165, 1.54) is 11.8 Å². The van der Waals surface area contributed by atoms with E-state index >= 15 is 0 Å². The first-order valence-electron chi connectivity index (χ1n) is 24.4. The molecule has 19 nitrogen and oxygen atoms in total. The van der Waals surface area contributed by atoms with Crippen LogP contribution in [0.5, 0.6) is 0 Å². The number of likely N-dealkylation sites (tertiary alicyclic amines) is 1. The predicted molar refractivity (Wildman–Crippen MR) is 257 cm³/mol. The molecule has 11 N–H and O–H groups in total. The molecule has 1 heterocycles. The zero-order valence-electron chi connectivity index (χ0n) is 40.7. The largest absolute Gasteiger partial charge is 0.370 e. The Morgan fingerprint density at radius 2 is 1.27 bits per heavy atom.